The lowest BCUT2D eigenvalue weighted by Gasteiger charge is -2.32. The summed E-state index contributed by atoms with van der Waals surface area (Å²) in [7, 11) is -1.56. The molecule has 2 aromatic heterocycles. The van der Waals surface area contributed by atoms with Crippen LogP contribution in [-0.2, 0) is 17.1 Å². The smallest absolute Gasteiger partial charge is 0.274 e. The van der Waals surface area contributed by atoms with Gasteiger partial charge >= 0.3 is 0 Å². The Balaban J connectivity index is 1.56. The van der Waals surface area contributed by atoms with Gasteiger partial charge in [0, 0.05) is 43.9 Å². The summed E-state index contributed by atoms with van der Waals surface area (Å²) in [4.78, 5) is 12.6. The lowest BCUT2D eigenvalue weighted by atomic mass is 9.94. The van der Waals surface area contributed by atoms with Crippen LogP contribution >= 0.6 is 0 Å². The van der Waals surface area contributed by atoms with Crippen molar-refractivity contribution in [3.8, 4) is 0 Å². The molecule has 0 atom stereocenters. The number of fused-ring (bicyclic) bond motifs is 1. The highest BCUT2D eigenvalue weighted by atomic mass is 32.2. The van der Waals surface area contributed by atoms with Crippen LogP contribution < -0.4 is 5.56 Å². The molecule has 27 heavy (non-hydrogen) atoms. The van der Waals surface area contributed by atoms with Crippen molar-refractivity contribution in [3.05, 3.63) is 64.2 Å². The SMILES string of the molecule is Cc1ccc(S(=O)(=O)N2CCC(c3cc(=O)n4nccc4n3C)CC2)cc1. The van der Waals surface area contributed by atoms with Crippen LogP contribution in [0.3, 0.4) is 0 Å². The van der Waals surface area contributed by atoms with Gasteiger partial charge in [0.25, 0.3) is 5.56 Å². The molecule has 4 rings (SSSR count). The van der Waals surface area contributed by atoms with Crippen molar-refractivity contribution in [1.29, 1.82) is 0 Å². The van der Waals surface area contributed by atoms with E-state index in [0.29, 0.717) is 30.8 Å². The van der Waals surface area contributed by atoms with Gasteiger partial charge in [-0.2, -0.15) is 13.9 Å². The second kappa shape index (κ2) is 6.61. The van der Waals surface area contributed by atoms with E-state index in [4.69, 9.17) is 0 Å². The van der Waals surface area contributed by atoms with Crippen LogP contribution in [0.25, 0.3) is 5.65 Å². The highest BCUT2D eigenvalue weighted by molar-refractivity contribution is 7.89. The van der Waals surface area contributed by atoms with Crippen LogP contribution in [0.4, 0.5) is 0 Å². The summed E-state index contributed by atoms with van der Waals surface area (Å²) in [5.41, 5.74) is 2.55. The summed E-state index contributed by atoms with van der Waals surface area (Å²) in [6, 6.07) is 10.4. The summed E-state index contributed by atoms with van der Waals surface area (Å²) in [6.07, 6.45) is 2.97. The minimum atomic E-state index is -3.48. The molecule has 1 aliphatic heterocycles. The Morgan fingerprint density at radius 1 is 1.07 bits per heavy atom. The Morgan fingerprint density at radius 3 is 2.41 bits per heavy atom. The standard InChI is InChI=1S/C19H22N4O3S/c1-14-3-5-16(6-4-14)27(25,26)22-11-8-15(9-12-22)17-13-19(24)23-18(21(17)2)7-10-20-23/h3-7,10,13,15H,8-9,11-12H2,1-2H3. The number of aryl methyl sites for hydroxylation is 2. The van der Waals surface area contributed by atoms with E-state index in [1.165, 1.54) is 4.52 Å². The van der Waals surface area contributed by atoms with Crippen molar-refractivity contribution in [1.82, 2.24) is 18.5 Å². The fourth-order valence-corrected chi connectivity index (χ4v) is 5.25. The average molecular weight is 386 g/mol. The monoisotopic (exact) mass is 386 g/mol. The zero-order chi connectivity index (χ0) is 19.2. The molecule has 0 spiro atoms. The van der Waals surface area contributed by atoms with Crippen LogP contribution in [-0.4, -0.2) is 40.0 Å². The Bertz CT molecular complexity index is 1140. The largest absolute Gasteiger partial charge is 0.333 e. The molecule has 0 saturated carbocycles. The van der Waals surface area contributed by atoms with Gasteiger partial charge in [-0.3, -0.25) is 4.79 Å². The van der Waals surface area contributed by atoms with Crippen molar-refractivity contribution >= 4 is 15.7 Å². The van der Waals surface area contributed by atoms with Gasteiger partial charge in [0.05, 0.1) is 11.1 Å². The highest BCUT2D eigenvalue weighted by Crippen LogP contribution is 2.30. The molecule has 1 saturated heterocycles. The number of aromatic nitrogens is 3. The number of sulfonamides is 1. The molecule has 0 amide bonds. The second-order valence-electron chi connectivity index (χ2n) is 7.06. The maximum Gasteiger partial charge on any atom is 0.274 e. The first-order valence-electron chi connectivity index (χ1n) is 8.98. The number of nitrogens with zero attached hydrogens (tertiary/aromatic N) is 4. The molecule has 0 N–H and O–H groups in total. The van der Waals surface area contributed by atoms with Crippen LogP contribution in [0, 0.1) is 6.92 Å². The maximum absolute atomic E-state index is 12.9. The third kappa shape index (κ3) is 3.08. The van der Waals surface area contributed by atoms with Gasteiger partial charge < -0.3 is 4.57 Å². The third-order valence-electron chi connectivity index (χ3n) is 5.36. The maximum atomic E-state index is 12.9. The van der Waals surface area contributed by atoms with Crippen molar-refractivity contribution < 1.29 is 8.42 Å². The van der Waals surface area contributed by atoms with Gasteiger partial charge in [-0.15, -0.1) is 0 Å². The molecule has 1 aliphatic rings. The Kier molecular flexibility index (Phi) is 4.39. The van der Waals surface area contributed by atoms with Crippen LogP contribution in [0.1, 0.15) is 30.0 Å². The van der Waals surface area contributed by atoms with E-state index in [1.807, 2.05) is 36.7 Å². The minimum absolute atomic E-state index is 0.145. The second-order valence-corrected chi connectivity index (χ2v) is 9.00. The van der Waals surface area contributed by atoms with E-state index >= 15 is 0 Å². The lowest BCUT2D eigenvalue weighted by Crippen LogP contribution is -2.38. The zero-order valence-electron chi connectivity index (χ0n) is 15.4. The Hall–Kier alpha value is -2.45. The summed E-state index contributed by atoms with van der Waals surface area (Å²) < 4.78 is 30.6. The fourth-order valence-electron chi connectivity index (χ4n) is 3.78. The zero-order valence-corrected chi connectivity index (χ0v) is 16.2. The predicted molar refractivity (Wildman–Crippen MR) is 102 cm³/mol. The normalized spacial score (nSPS) is 16.8. The first-order valence-corrected chi connectivity index (χ1v) is 10.4. The average Bonchev–Trinajstić information content (AvgIpc) is 3.16. The summed E-state index contributed by atoms with van der Waals surface area (Å²) in [6.45, 7) is 2.82. The molecule has 1 aromatic carbocycles. The van der Waals surface area contributed by atoms with Gasteiger partial charge in [-0.1, -0.05) is 17.7 Å². The Labute approximate surface area is 157 Å². The molecule has 7 nitrogen and oxygen atoms in total. The molecule has 0 unspecified atom stereocenters. The highest BCUT2D eigenvalue weighted by Gasteiger charge is 2.31. The minimum Gasteiger partial charge on any atom is -0.333 e. The predicted octanol–water partition coefficient (Wildman–Crippen LogP) is 1.91. The number of benzene rings is 1. The van der Waals surface area contributed by atoms with Crippen LogP contribution in [0.2, 0.25) is 0 Å². The quantitative estimate of drug-likeness (QED) is 0.689. The lowest BCUT2D eigenvalue weighted by molar-refractivity contribution is 0.313. The molecule has 0 aliphatic carbocycles. The van der Waals surface area contributed by atoms with Crippen molar-refractivity contribution in [2.75, 3.05) is 13.1 Å². The van der Waals surface area contributed by atoms with E-state index < -0.39 is 10.0 Å². The van der Waals surface area contributed by atoms with E-state index in [0.717, 1.165) is 16.9 Å². The summed E-state index contributed by atoms with van der Waals surface area (Å²) in [5, 5.41) is 4.05. The molecule has 3 heterocycles. The molecule has 8 heteroatoms. The molecule has 3 aromatic rings. The molecule has 0 bridgehead atoms. The molecular formula is C19H22N4O3S. The van der Waals surface area contributed by atoms with Crippen LogP contribution in [0.15, 0.2) is 52.3 Å². The number of rotatable bonds is 3. The summed E-state index contributed by atoms with van der Waals surface area (Å²) in [5.74, 6) is 0.145. The first kappa shape index (κ1) is 17.9. The Morgan fingerprint density at radius 2 is 1.74 bits per heavy atom. The first-order chi connectivity index (χ1) is 12.9. The van der Waals surface area contributed by atoms with Crippen LogP contribution in [0.5, 0.6) is 0 Å². The number of hydrogen-bond donors (Lipinski definition) is 0. The molecular weight excluding hydrogens is 364 g/mol. The third-order valence-corrected chi connectivity index (χ3v) is 7.28. The van der Waals surface area contributed by atoms with Gasteiger partial charge in [-0.25, -0.2) is 8.42 Å². The summed E-state index contributed by atoms with van der Waals surface area (Å²) >= 11 is 0. The topological polar surface area (TPSA) is 76.7 Å². The van der Waals surface area contributed by atoms with E-state index in [1.54, 1.807) is 28.7 Å². The van der Waals surface area contributed by atoms with Gasteiger partial charge in [-0.05, 0) is 31.9 Å². The van der Waals surface area contributed by atoms with Gasteiger partial charge in [0.15, 0.2) is 0 Å². The van der Waals surface area contributed by atoms with E-state index in [2.05, 4.69) is 5.10 Å². The molecule has 0 radical (unpaired) electrons. The fraction of sp³-hybridized carbons (Fsp3) is 0.368. The molecule has 142 valence electrons. The van der Waals surface area contributed by atoms with E-state index in [9.17, 15) is 13.2 Å². The van der Waals surface area contributed by atoms with Crippen molar-refractivity contribution in [2.45, 2.75) is 30.6 Å². The van der Waals surface area contributed by atoms with Gasteiger partial charge in [0.2, 0.25) is 10.0 Å². The number of piperidine rings is 1. The van der Waals surface area contributed by atoms with Crippen molar-refractivity contribution in [2.24, 2.45) is 7.05 Å². The number of hydrogen-bond acceptors (Lipinski definition) is 4. The van der Waals surface area contributed by atoms with Crippen molar-refractivity contribution in [3.63, 3.8) is 0 Å². The van der Waals surface area contributed by atoms with Gasteiger partial charge in [0.1, 0.15) is 5.65 Å². The van der Waals surface area contributed by atoms with E-state index in [-0.39, 0.29) is 11.5 Å². The molecule has 1 fully saturated rings.